The van der Waals surface area contributed by atoms with Gasteiger partial charge in [-0.05, 0) is 144 Å². The van der Waals surface area contributed by atoms with E-state index in [-0.39, 0.29) is 67.4 Å². The average Bonchev–Trinajstić information content (AvgIpc) is 3.34. The molecule has 5 heteroatoms. The summed E-state index contributed by atoms with van der Waals surface area (Å²) in [6.45, 7) is 22.7. The molecule has 1 N–H and O–H groups in total. The largest absolute Gasteiger partial charge is 0.512 e. The number of allylic oxidation sites excluding steroid dienone is 2. The molecule has 0 atom stereocenters. The third-order valence-corrected chi connectivity index (χ3v) is 14.8. The molecule has 0 unspecified atom stereocenters. The third-order valence-electron chi connectivity index (χ3n) is 14.8. The first-order chi connectivity index (χ1) is 33.3. The van der Waals surface area contributed by atoms with Crippen molar-refractivity contribution in [3.05, 3.63) is 141 Å². The predicted octanol–water partition coefficient (Wildman–Crippen LogP) is 17.6. The molecule has 0 saturated heterocycles. The summed E-state index contributed by atoms with van der Waals surface area (Å²) < 4.78 is 33.4. The molecular formula is C62H78IrN2O2-2. The molecule has 4 aromatic carbocycles. The van der Waals surface area contributed by atoms with E-state index in [1.807, 2.05) is 48.5 Å². The van der Waals surface area contributed by atoms with Crippen LogP contribution >= 0.6 is 0 Å². The minimum Gasteiger partial charge on any atom is -0.512 e. The van der Waals surface area contributed by atoms with Crippen LogP contribution in [0.2, 0.25) is 0 Å². The maximum absolute atomic E-state index is 11.9. The summed E-state index contributed by atoms with van der Waals surface area (Å²) in [5, 5.41) is 13.7. The number of carbonyl (C=O) groups excluding carboxylic acids is 1. The third kappa shape index (κ3) is 13.4. The van der Waals surface area contributed by atoms with Crippen molar-refractivity contribution in [3.8, 4) is 22.5 Å². The minimum atomic E-state index is -0.248. The van der Waals surface area contributed by atoms with E-state index >= 15 is 0 Å². The quantitative estimate of drug-likeness (QED) is 0.0798. The summed E-state index contributed by atoms with van der Waals surface area (Å²) in [7, 11) is 0. The molecule has 4 nitrogen and oxygen atoms in total. The number of hydrogen-bond donors (Lipinski definition) is 1. The molecule has 0 spiro atoms. The van der Waals surface area contributed by atoms with Crippen LogP contribution in [0.5, 0.6) is 0 Å². The molecule has 2 aliphatic carbocycles. The van der Waals surface area contributed by atoms with E-state index in [0.29, 0.717) is 11.8 Å². The Morgan fingerprint density at radius 3 is 1.43 bits per heavy atom. The van der Waals surface area contributed by atoms with Gasteiger partial charge < -0.3 is 15.1 Å². The molecule has 67 heavy (non-hydrogen) atoms. The van der Waals surface area contributed by atoms with Crippen LogP contribution in [0.4, 0.5) is 0 Å². The molecule has 6 aromatic rings. The van der Waals surface area contributed by atoms with Crippen molar-refractivity contribution in [2.75, 3.05) is 0 Å². The number of nitrogens with zero attached hydrogens (tertiary/aromatic N) is 2. The SMILES string of the molecule is CCC(CC)C(=O)/C=C(\O)C(C)(CC)CC.[2H]c1nc(-c2[c-]c(C)cc(C)c2)c2cc(C)c(C3CCCCC3)cc2c1[2H].[2H]c1nc(-c2[c-]c(C)cc(C)c2)c2cc(C)c(C3CCCCC3)cc2c1[2H].[Ir]. The van der Waals surface area contributed by atoms with Gasteiger partial charge >= 0.3 is 0 Å². The molecule has 2 aliphatic rings. The number of ketones is 1. The molecule has 1 radical (unpaired) electrons. The van der Waals surface area contributed by atoms with Crippen LogP contribution in [0, 0.1) is 65.0 Å². The van der Waals surface area contributed by atoms with E-state index in [2.05, 4.69) is 98.3 Å². The van der Waals surface area contributed by atoms with Crippen molar-refractivity contribution in [1.29, 1.82) is 0 Å². The number of aryl methyl sites for hydroxylation is 6. The number of rotatable bonds is 11. The first-order valence-corrected chi connectivity index (χ1v) is 25.1. The monoisotopic (exact) mass is 1080 g/mol. The van der Waals surface area contributed by atoms with Crippen LogP contribution in [-0.4, -0.2) is 20.9 Å². The fraction of sp³-hybridized carbons (Fsp3) is 0.468. The number of aliphatic hydroxyl groups is 1. The van der Waals surface area contributed by atoms with Crippen molar-refractivity contribution < 1.29 is 35.5 Å². The molecule has 359 valence electrons. The van der Waals surface area contributed by atoms with Gasteiger partial charge in [0.15, 0.2) is 5.78 Å². The van der Waals surface area contributed by atoms with Gasteiger partial charge in [0.1, 0.15) is 5.76 Å². The summed E-state index contributed by atoms with van der Waals surface area (Å²) in [5.41, 5.74) is 12.8. The number of aliphatic hydroxyl groups excluding tert-OH is 1. The van der Waals surface area contributed by atoms with Crippen molar-refractivity contribution in [3.63, 3.8) is 0 Å². The molecule has 2 aromatic heterocycles. The van der Waals surface area contributed by atoms with Gasteiger partial charge in [0, 0.05) is 49.9 Å². The molecule has 2 fully saturated rings. The van der Waals surface area contributed by atoms with Crippen LogP contribution in [0.3, 0.4) is 0 Å². The molecule has 2 heterocycles. The van der Waals surface area contributed by atoms with E-state index < -0.39 is 0 Å². The van der Waals surface area contributed by atoms with Gasteiger partial charge in [0.25, 0.3) is 0 Å². The Kier molecular flexibility index (Phi) is 17.6. The number of aromatic nitrogens is 2. The van der Waals surface area contributed by atoms with Crippen LogP contribution in [0.15, 0.2) is 84.8 Å². The molecule has 0 bridgehead atoms. The Morgan fingerprint density at radius 2 is 1.07 bits per heavy atom. The van der Waals surface area contributed by atoms with Crippen LogP contribution in [0.25, 0.3) is 44.1 Å². The molecule has 8 rings (SSSR count). The number of carbonyl (C=O) groups is 1. The smallest absolute Gasteiger partial charge is 0.162 e. The van der Waals surface area contributed by atoms with Crippen molar-refractivity contribution in [2.24, 2.45) is 11.3 Å². The molecule has 2 saturated carbocycles. The van der Waals surface area contributed by atoms with Crippen LogP contribution in [-0.2, 0) is 24.9 Å². The fourth-order valence-corrected chi connectivity index (χ4v) is 10.4. The van der Waals surface area contributed by atoms with Crippen LogP contribution < -0.4 is 0 Å². The number of fused-ring (bicyclic) bond motifs is 2. The standard InChI is InChI=1S/2C24H26N.C14H26O2.Ir/c2*1-16-11-17(2)13-21(12-16)24-23-14-18(3)22(15-20(23)9-10-25-24)19-7-5-4-6-8-19;1-6-11(7-2)12(15)10-13(16)14(5,8-3)9-4;/h2*9-12,14-15,19H,4-8H2,1-3H3;10-11,16H,6-9H2,1-5H3;/q2*-1;;/b;;13-10-;/i2*9D,10D;;. The maximum atomic E-state index is 11.9. The second kappa shape index (κ2) is 24.7. The van der Waals surface area contributed by atoms with E-state index in [9.17, 15) is 9.90 Å². The van der Waals surface area contributed by atoms with Crippen molar-refractivity contribution in [2.45, 2.75) is 178 Å². The molecular weight excluding hydrogens is 997 g/mol. The number of benzene rings is 4. The minimum absolute atomic E-state index is 0. The van der Waals surface area contributed by atoms with Crippen molar-refractivity contribution in [1.82, 2.24) is 9.97 Å². The summed E-state index contributed by atoms with van der Waals surface area (Å²) in [6, 6.07) is 24.3. The number of pyridine rings is 2. The Hall–Kier alpha value is -4.44. The maximum Gasteiger partial charge on any atom is 0.162 e. The predicted molar refractivity (Wildman–Crippen MR) is 281 cm³/mol. The van der Waals surface area contributed by atoms with Gasteiger partial charge in [0.2, 0.25) is 0 Å². The van der Waals surface area contributed by atoms with Gasteiger partial charge in [0.05, 0.1) is 5.48 Å². The average molecular weight is 1080 g/mol. The van der Waals surface area contributed by atoms with Gasteiger partial charge in [-0.15, -0.1) is 69.8 Å². The normalized spacial score (nSPS) is 15.7. The first-order valence-electron chi connectivity index (χ1n) is 27.1. The van der Waals surface area contributed by atoms with E-state index in [4.69, 9.17) is 5.48 Å². The second-order valence-corrected chi connectivity index (χ2v) is 19.8. The van der Waals surface area contributed by atoms with E-state index in [0.717, 1.165) is 92.0 Å². The summed E-state index contributed by atoms with van der Waals surface area (Å²) >= 11 is 0. The Bertz CT molecular complexity index is 2650. The fourth-order valence-electron chi connectivity index (χ4n) is 10.4. The summed E-state index contributed by atoms with van der Waals surface area (Å²) in [6.07, 6.45) is 17.7. The first kappa shape index (κ1) is 47.6. The Labute approximate surface area is 423 Å². The zero-order valence-electron chi connectivity index (χ0n) is 46.4. The van der Waals surface area contributed by atoms with Gasteiger partial charge in [-0.25, -0.2) is 0 Å². The summed E-state index contributed by atoms with van der Waals surface area (Å²) in [4.78, 5) is 20.8. The Morgan fingerprint density at radius 1 is 0.672 bits per heavy atom. The van der Waals surface area contributed by atoms with Gasteiger partial charge in [-0.3, -0.25) is 4.79 Å². The zero-order chi connectivity index (χ0) is 51.0. The van der Waals surface area contributed by atoms with Gasteiger partial charge in [-0.1, -0.05) is 125 Å². The summed E-state index contributed by atoms with van der Waals surface area (Å²) in [5.74, 6) is 1.53. The topological polar surface area (TPSA) is 63.1 Å². The van der Waals surface area contributed by atoms with Crippen LogP contribution in [0.1, 0.15) is 186 Å². The zero-order valence-corrected chi connectivity index (χ0v) is 44.8. The van der Waals surface area contributed by atoms with E-state index in [1.165, 1.54) is 92.5 Å². The molecule has 0 aliphatic heterocycles. The van der Waals surface area contributed by atoms with Gasteiger partial charge in [-0.2, -0.15) is 0 Å². The van der Waals surface area contributed by atoms with E-state index in [1.54, 1.807) is 0 Å². The number of hydrogen-bond acceptors (Lipinski definition) is 4. The Balaban J connectivity index is 0.000000205. The molecule has 0 amide bonds. The van der Waals surface area contributed by atoms with Crippen molar-refractivity contribution >= 4 is 27.3 Å². The second-order valence-electron chi connectivity index (χ2n) is 19.8.